The van der Waals surface area contributed by atoms with E-state index in [0.29, 0.717) is 11.6 Å². The standard InChI is InChI=1S/C24H29ClN2O2S/c1-17-7-9-19(10-8-17)15-27(18(2)24(29)26-21-5-3-4-6-21)23(28)16-30-22-13-11-20(25)12-14-22/h7-14,18,21H,3-6,15-16H2,1-2H3,(H,26,29). The summed E-state index contributed by atoms with van der Waals surface area (Å²) >= 11 is 7.40. The number of carbonyl (C=O) groups excluding carboxylic acids is 2. The van der Waals surface area contributed by atoms with Crippen LogP contribution in [-0.2, 0) is 16.1 Å². The van der Waals surface area contributed by atoms with Gasteiger partial charge in [0.2, 0.25) is 11.8 Å². The lowest BCUT2D eigenvalue weighted by Crippen LogP contribution is -2.50. The van der Waals surface area contributed by atoms with Gasteiger partial charge in [0, 0.05) is 22.5 Å². The predicted octanol–water partition coefficient (Wildman–Crippen LogP) is 5.22. The number of carbonyl (C=O) groups is 2. The van der Waals surface area contributed by atoms with E-state index in [0.717, 1.165) is 36.1 Å². The quantitative estimate of drug-likeness (QED) is 0.568. The van der Waals surface area contributed by atoms with E-state index < -0.39 is 6.04 Å². The molecule has 160 valence electrons. The van der Waals surface area contributed by atoms with Crippen LogP contribution in [0.2, 0.25) is 5.02 Å². The van der Waals surface area contributed by atoms with Crippen LogP contribution in [0.4, 0.5) is 0 Å². The number of nitrogens with one attached hydrogen (secondary N) is 1. The molecule has 4 nitrogen and oxygen atoms in total. The number of benzene rings is 2. The first-order valence-electron chi connectivity index (χ1n) is 10.5. The molecule has 0 aromatic heterocycles. The fourth-order valence-corrected chi connectivity index (χ4v) is 4.53. The van der Waals surface area contributed by atoms with Gasteiger partial charge >= 0.3 is 0 Å². The topological polar surface area (TPSA) is 49.4 Å². The lowest BCUT2D eigenvalue weighted by Gasteiger charge is -2.29. The Balaban J connectivity index is 1.69. The molecule has 1 aliphatic carbocycles. The van der Waals surface area contributed by atoms with Crippen molar-refractivity contribution in [3.63, 3.8) is 0 Å². The van der Waals surface area contributed by atoms with Gasteiger partial charge in [0.05, 0.1) is 5.75 Å². The van der Waals surface area contributed by atoms with E-state index in [-0.39, 0.29) is 23.6 Å². The highest BCUT2D eigenvalue weighted by atomic mass is 35.5. The van der Waals surface area contributed by atoms with Crippen LogP contribution >= 0.6 is 23.4 Å². The van der Waals surface area contributed by atoms with Crippen LogP contribution in [0.5, 0.6) is 0 Å². The Labute approximate surface area is 188 Å². The lowest BCUT2D eigenvalue weighted by atomic mass is 10.1. The normalized spacial score (nSPS) is 15.0. The molecular weight excluding hydrogens is 416 g/mol. The predicted molar refractivity (Wildman–Crippen MR) is 124 cm³/mol. The molecule has 1 aliphatic rings. The van der Waals surface area contributed by atoms with Crippen LogP contribution in [0.3, 0.4) is 0 Å². The van der Waals surface area contributed by atoms with Crippen LogP contribution < -0.4 is 5.32 Å². The van der Waals surface area contributed by atoms with Crippen LogP contribution in [0.1, 0.15) is 43.7 Å². The van der Waals surface area contributed by atoms with Crippen molar-refractivity contribution < 1.29 is 9.59 Å². The van der Waals surface area contributed by atoms with Crippen molar-refractivity contribution >= 4 is 35.2 Å². The number of hydrogen-bond acceptors (Lipinski definition) is 3. The summed E-state index contributed by atoms with van der Waals surface area (Å²) in [6.45, 7) is 4.27. The van der Waals surface area contributed by atoms with Crippen molar-refractivity contribution in [2.24, 2.45) is 0 Å². The zero-order chi connectivity index (χ0) is 21.5. The minimum Gasteiger partial charge on any atom is -0.352 e. The Hall–Kier alpha value is -1.98. The third-order valence-electron chi connectivity index (χ3n) is 5.52. The summed E-state index contributed by atoms with van der Waals surface area (Å²) in [5.74, 6) is 0.151. The molecule has 0 radical (unpaired) electrons. The van der Waals surface area contributed by atoms with Crippen molar-refractivity contribution in [2.45, 2.75) is 63.1 Å². The number of aryl methyl sites for hydroxylation is 1. The molecule has 0 aliphatic heterocycles. The summed E-state index contributed by atoms with van der Waals surface area (Å²) in [4.78, 5) is 28.7. The average Bonchev–Trinajstić information content (AvgIpc) is 3.25. The summed E-state index contributed by atoms with van der Waals surface area (Å²) < 4.78 is 0. The Morgan fingerprint density at radius 2 is 1.73 bits per heavy atom. The van der Waals surface area contributed by atoms with Crippen molar-refractivity contribution in [3.8, 4) is 0 Å². The second kappa shape index (κ2) is 10.9. The molecule has 1 N–H and O–H groups in total. The van der Waals surface area contributed by atoms with Crippen molar-refractivity contribution in [1.29, 1.82) is 0 Å². The van der Waals surface area contributed by atoms with Crippen LogP contribution in [0, 0.1) is 6.92 Å². The summed E-state index contributed by atoms with van der Waals surface area (Å²) in [5.41, 5.74) is 2.19. The number of thioether (sulfide) groups is 1. The van der Waals surface area contributed by atoms with Crippen molar-refractivity contribution in [1.82, 2.24) is 10.2 Å². The number of rotatable bonds is 8. The van der Waals surface area contributed by atoms with Gasteiger partial charge in [-0.05, 0) is 56.5 Å². The molecule has 3 rings (SSSR count). The maximum Gasteiger partial charge on any atom is 0.242 e. The fourth-order valence-electron chi connectivity index (χ4n) is 3.62. The van der Waals surface area contributed by atoms with Gasteiger partial charge in [-0.1, -0.05) is 54.3 Å². The number of hydrogen-bond donors (Lipinski definition) is 1. The zero-order valence-electron chi connectivity index (χ0n) is 17.6. The van der Waals surface area contributed by atoms with E-state index in [4.69, 9.17) is 11.6 Å². The van der Waals surface area contributed by atoms with E-state index >= 15 is 0 Å². The molecule has 1 saturated carbocycles. The van der Waals surface area contributed by atoms with Gasteiger partial charge in [0.1, 0.15) is 6.04 Å². The van der Waals surface area contributed by atoms with Gasteiger partial charge in [-0.2, -0.15) is 0 Å². The number of nitrogens with zero attached hydrogens (tertiary/aromatic N) is 1. The Morgan fingerprint density at radius 1 is 1.10 bits per heavy atom. The third-order valence-corrected chi connectivity index (χ3v) is 6.77. The maximum atomic E-state index is 13.1. The molecule has 1 unspecified atom stereocenters. The van der Waals surface area contributed by atoms with Crippen molar-refractivity contribution in [2.75, 3.05) is 5.75 Å². The first-order chi connectivity index (χ1) is 14.4. The van der Waals surface area contributed by atoms with E-state index in [1.807, 2.05) is 62.4 Å². The monoisotopic (exact) mass is 444 g/mol. The van der Waals surface area contributed by atoms with Crippen LogP contribution in [0.15, 0.2) is 53.4 Å². The molecule has 1 atom stereocenters. The summed E-state index contributed by atoms with van der Waals surface area (Å²) in [6.07, 6.45) is 4.36. The average molecular weight is 445 g/mol. The molecular formula is C24H29ClN2O2S. The first-order valence-corrected chi connectivity index (χ1v) is 11.8. The minimum atomic E-state index is -0.523. The Bertz CT molecular complexity index is 849. The molecule has 0 saturated heterocycles. The maximum absolute atomic E-state index is 13.1. The second-order valence-corrected chi connectivity index (χ2v) is 9.40. The Kier molecular flexibility index (Phi) is 8.23. The van der Waals surface area contributed by atoms with Gasteiger partial charge in [-0.15, -0.1) is 11.8 Å². The first kappa shape index (κ1) is 22.7. The molecule has 2 aromatic carbocycles. The molecule has 30 heavy (non-hydrogen) atoms. The molecule has 0 spiro atoms. The van der Waals surface area contributed by atoms with Crippen LogP contribution in [0.25, 0.3) is 0 Å². The highest BCUT2D eigenvalue weighted by Crippen LogP contribution is 2.22. The molecule has 2 amide bonds. The molecule has 0 heterocycles. The highest BCUT2D eigenvalue weighted by Gasteiger charge is 2.28. The summed E-state index contributed by atoms with van der Waals surface area (Å²) in [5, 5.41) is 3.80. The lowest BCUT2D eigenvalue weighted by molar-refractivity contribution is -0.138. The highest BCUT2D eigenvalue weighted by molar-refractivity contribution is 8.00. The summed E-state index contributed by atoms with van der Waals surface area (Å²) in [6, 6.07) is 15.2. The van der Waals surface area contributed by atoms with Gasteiger partial charge in [0.25, 0.3) is 0 Å². The summed E-state index contributed by atoms with van der Waals surface area (Å²) in [7, 11) is 0. The van der Waals surface area contributed by atoms with Crippen molar-refractivity contribution in [3.05, 3.63) is 64.7 Å². The van der Waals surface area contributed by atoms with E-state index in [2.05, 4.69) is 5.32 Å². The smallest absolute Gasteiger partial charge is 0.242 e. The van der Waals surface area contributed by atoms with Gasteiger partial charge in [0.15, 0.2) is 0 Å². The fraction of sp³-hybridized carbons (Fsp3) is 0.417. The molecule has 6 heteroatoms. The van der Waals surface area contributed by atoms with Gasteiger partial charge < -0.3 is 10.2 Å². The molecule has 0 bridgehead atoms. The molecule has 2 aromatic rings. The van der Waals surface area contributed by atoms with Crippen LogP contribution in [-0.4, -0.2) is 34.6 Å². The zero-order valence-corrected chi connectivity index (χ0v) is 19.1. The Morgan fingerprint density at radius 3 is 2.37 bits per heavy atom. The van der Waals surface area contributed by atoms with E-state index in [1.54, 1.807) is 4.90 Å². The number of amides is 2. The molecule has 1 fully saturated rings. The largest absolute Gasteiger partial charge is 0.352 e. The van der Waals surface area contributed by atoms with Gasteiger partial charge in [-0.25, -0.2) is 0 Å². The third kappa shape index (κ3) is 6.51. The van der Waals surface area contributed by atoms with E-state index in [9.17, 15) is 9.59 Å². The minimum absolute atomic E-state index is 0.0513. The second-order valence-electron chi connectivity index (χ2n) is 7.92. The van der Waals surface area contributed by atoms with E-state index in [1.165, 1.54) is 17.3 Å². The SMILES string of the molecule is Cc1ccc(CN(C(=O)CSc2ccc(Cl)cc2)C(C)C(=O)NC2CCCC2)cc1. The number of halogens is 1. The van der Waals surface area contributed by atoms with Gasteiger partial charge in [-0.3, -0.25) is 9.59 Å².